The smallest absolute Gasteiger partial charge is 0.0921 e. The van der Waals surface area contributed by atoms with E-state index in [1.54, 1.807) is 6.33 Å². The van der Waals surface area contributed by atoms with Crippen LogP contribution in [0.3, 0.4) is 0 Å². The molecule has 2 atom stereocenters. The number of hydrogen-bond acceptors (Lipinski definition) is 2. The highest BCUT2D eigenvalue weighted by Crippen LogP contribution is 2.36. The highest BCUT2D eigenvalue weighted by Gasteiger charge is 2.37. The molecule has 2 unspecified atom stereocenters. The summed E-state index contributed by atoms with van der Waals surface area (Å²) in [5.74, 6) is 0.617. The summed E-state index contributed by atoms with van der Waals surface area (Å²) in [5.41, 5.74) is 1.56. The highest BCUT2D eigenvalue weighted by atomic mass is 15.2. The molecule has 1 saturated heterocycles. The molecule has 3 heteroatoms. The first-order valence-electron chi connectivity index (χ1n) is 5.75. The molecule has 0 amide bonds. The third kappa shape index (κ3) is 1.93. The number of likely N-dealkylation sites (tertiary alicyclic amines) is 1. The highest BCUT2D eigenvalue weighted by molar-refractivity contribution is 5.11. The lowest BCUT2D eigenvalue weighted by Crippen LogP contribution is -2.44. The molecular formula is C12H21N3. The van der Waals surface area contributed by atoms with Crippen molar-refractivity contribution in [1.29, 1.82) is 0 Å². The van der Waals surface area contributed by atoms with Crippen molar-refractivity contribution in [3.05, 3.63) is 18.2 Å². The zero-order chi connectivity index (χ0) is 11.1. The Hall–Kier alpha value is -0.830. The molecular weight excluding hydrogens is 186 g/mol. The summed E-state index contributed by atoms with van der Waals surface area (Å²) >= 11 is 0. The Labute approximate surface area is 91.9 Å². The molecule has 0 radical (unpaired) electrons. The van der Waals surface area contributed by atoms with Gasteiger partial charge in [-0.15, -0.1) is 0 Å². The molecule has 0 bridgehead atoms. The Bertz CT molecular complexity index is 310. The molecule has 1 aromatic heterocycles. The molecule has 1 fully saturated rings. The molecule has 1 aromatic rings. The van der Waals surface area contributed by atoms with Crippen molar-refractivity contribution in [1.82, 2.24) is 14.9 Å². The predicted octanol–water partition coefficient (Wildman–Crippen LogP) is 2.39. The van der Waals surface area contributed by atoms with E-state index in [0.717, 1.165) is 0 Å². The van der Waals surface area contributed by atoms with Crippen LogP contribution in [-0.4, -0.2) is 33.0 Å². The van der Waals surface area contributed by atoms with Gasteiger partial charge in [0.1, 0.15) is 0 Å². The van der Waals surface area contributed by atoms with Crippen LogP contribution in [0.25, 0.3) is 0 Å². The normalized spacial score (nSPS) is 28.5. The first-order valence-corrected chi connectivity index (χ1v) is 5.75. The minimum Gasteiger partial charge on any atom is -0.348 e. The van der Waals surface area contributed by atoms with Gasteiger partial charge in [-0.25, -0.2) is 4.98 Å². The van der Waals surface area contributed by atoms with Gasteiger partial charge in [-0.3, -0.25) is 4.90 Å². The van der Waals surface area contributed by atoms with Crippen LogP contribution < -0.4 is 0 Å². The molecule has 84 valence electrons. The van der Waals surface area contributed by atoms with Crippen molar-refractivity contribution < 1.29 is 0 Å². The van der Waals surface area contributed by atoms with Crippen molar-refractivity contribution >= 4 is 0 Å². The first kappa shape index (κ1) is 10.7. The Morgan fingerprint density at radius 2 is 2.20 bits per heavy atom. The number of H-pyrrole nitrogens is 1. The van der Waals surface area contributed by atoms with Crippen molar-refractivity contribution in [2.24, 2.45) is 0 Å². The van der Waals surface area contributed by atoms with Crippen molar-refractivity contribution in [3.8, 4) is 0 Å². The summed E-state index contributed by atoms with van der Waals surface area (Å²) in [7, 11) is 0. The summed E-state index contributed by atoms with van der Waals surface area (Å²) in [6.07, 6.45) is 4.98. The Morgan fingerprint density at radius 3 is 2.67 bits per heavy atom. The van der Waals surface area contributed by atoms with Crippen LogP contribution in [0.2, 0.25) is 0 Å². The number of aromatic amines is 1. The third-order valence-electron chi connectivity index (χ3n) is 3.54. The maximum absolute atomic E-state index is 4.11. The second kappa shape index (κ2) is 3.63. The largest absolute Gasteiger partial charge is 0.348 e. The number of nitrogens with one attached hydrogen (secondary N) is 1. The van der Waals surface area contributed by atoms with Crippen LogP contribution in [0, 0.1) is 0 Å². The van der Waals surface area contributed by atoms with Gasteiger partial charge >= 0.3 is 0 Å². The van der Waals surface area contributed by atoms with Gasteiger partial charge < -0.3 is 4.98 Å². The van der Waals surface area contributed by atoms with E-state index >= 15 is 0 Å². The van der Waals surface area contributed by atoms with E-state index in [2.05, 4.69) is 42.6 Å². The molecule has 2 rings (SSSR count). The van der Waals surface area contributed by atoms with Crippen molar-refractivity contribution in [3.63, 3.8) is 0 Å². The number of aromatic nitrogens is 2. The molecule has 2 heterocycles. The van der Waals surface area contributed by atoms with E-state index in [4.69, 9.17) is 0 Å². The molecule has 0 spiro atoms. The zero-order valence-electron chi connectivity index (χ0n) is 10.1. The summed E-state index contributed by atoms with van der Waals surface area (Å²) < 4.78 is 0. The van der Waals surface area contributed by atoms with Gasteiger partial charge in [-0.1, -0.05) is 0 Å². The fraction of sp³-hybridized carbons (Fsp3) is 0.750. The van der Waals surface area contributed by atoms with Gasteiger partial charge in [0.25, 0.3) is 0 Å². The lowest BCUT2D eigenvalue weighted by molar-refractivity contribution is 0.125. The maximum atomic E-state index is 4.11. The fourth-order valence-electron chi connectivity index (χ4n) is 2.77. The minimum atomic E-state index is 0.272. The number of nitrogens with zero attached hydrogens (tertiary/aromatic N) is 2. The average Bonchev–Trinajstić information content (AvgIpc) is 2.69. The fourth-order valence-corrected chi connectivity index (χ4v) is 2.77. The summed E-state index contributed by atoms with van der Waals surface area (Å²) in [6, 6.07) is 0.602. The molecule has 0 aromatic carbocycles. The van der Waals surface area contributed by atoms with Crippen LogP contribution in [0.15, 0.2) is 12.5 Å². The first-order chi connectivity index (χ1) is 7.00. The number of hydrogen-bond donors (Lipinski definition) is 1. The monoisotopic (exact) mass is 207 g/mol. The van der Waals surface area contributed by atoms with Gasteiger partial charge in [0.2, 0.25) is 0 Å². The van der Waals surface area contributed by atoms with Gasteiger partial charge in [0.15, 0.2) is 0 Å². The van der Waals surface area contributed by atoms with Gasteiger partial charge in [-0.2, -0.15) is 0 Å². The second-order valence-electron chi connectivity index (χ2n) is 5.51. The van der Waals surface area contributed by atoms with Gasteiger partial charge in [0.05, 0.1) is 6.33 Å². The number of rotatable bonds is 1. The van der Waals surface area contributed by atoms with Crippen LogP contribution >= 0.6 is 0 Å². The Balaban J connectivity index is 2.14. The quantitative estimate of drug-likeness (QED) is 0.766. The number of imidazole rings is 1. The van der Waals surface area contributed by atoms with E-state index in [-0.39, 0.29) is 5.54 Å². The lowest BCUT2D eigenvalue weighted by Gasteiger charge is -2.36. The van der Waals surface area contributed by atoms with E-state index in [1.165, 1.54) is 18.7 Å². The standard InChI is InChI=1S/C12H21N3/c1-9-10(11-7-13-8-14-11)5-6-15(9)12(2,3)4/h7-10H,5-6H2,1-4H3,(H,13,14). The third-order valence-corrected chi connectivity index (χ3v) is 3.54. The van der Waals surface area contributed by atoms with Crippen LogP contribution in [-0.2, 0) is 0 Å². The van der Waals surface area contributed by atoms with Gasteiger partial charge in [0, 0.05) is 29.4 Å². The van der Waals surface area contributed by atoms with E-state index in [9.17, 15) is 0 Å². The van der Waals surface area contributed by atoms with Crippen LogP contribution in [0.5, 0.6) is 0 Å². The minimum absolute atomic E-state index is 0.272. The van der Waals surface area contributed by atoms with Crippen LogP contribution in [0.1, 0.15) is 45.7 Å². The maximum Gasteiger partial charge on any atom is 0.0921 e. The Morgan fingerprint density at radius 1 is 1.47 bits per heavy atom. The predicted molar refractivity (Wildman–Crippen MR) is 61.9 cm³/mol. The zero-order valence-corrected chi connectivity index (χ0v) is 10.1. The molecule has 1 aliphatic heterocycles. The topological polar surface area (TPSA) is 31.9 Å². The van der Waals surface area contributed by atoms with Gasteiger partial charge in [-0.05, 0) is 40.7 Å². The molecule has 1 N–H and O–H groups in total. The van der Waals surface area contributed by atoms with Crippen molar-refractivity contribution in [2.75, 3.05) is 6.54 Å². The second-order valence-corrected chi connectivity index (χ2v) is 5.51. The summed E-state index contributed by atoms with van der Waals surface area (Å²) in [5, 5.41) is 0. The molecule has 3 nitrogen and oxygen atoms in total. The molecule has 0 saturated carbocycles. The molecule has 15 heavy (non-hydrogen) atoms. The molecule has 1 aliphatic rings. The van der Waals surface area contributed by atoms with E-state index in [1.807, 2.05) is 6.20 Å². The summed E-state index contributed by atoms with van der Waals surface area (Å²) in [6.45, 7) is 10.4. The summed E-state index contributed by atoms with van der Waals surface area (Å²) in [4.78, 5) is 9.94. The van der Waals surface area contributed by atoms with Crippen LogP contribution in [0.4, 0.5) is 0 Å². The molecule has 0 aliphatic carbocycles. The SMILES string of the molecule is CC1C(c2cnc[nH]2)CCN1C(C)(C)C. The van der Waals surface area contributed by atoms with E-state index < -0.39 is 0 Å². The lowest BCUT2D eigenvalue weighted by atomic mass is 9.97. The Kier molecular flexibility index (Phi) is 2.59. The average molecular weight is 207 g/mol. The van der Waals surface area contributed by atoms with E-state index in [0.29, 0.717) is 12.0 Å². The van der Waals surface area contributed by atoms with Crippen molar-refractivity contribution in [2.45, 2.75) is 51.6 Å².